The average molecular weight is 292 g/mol. The van der Waals surface area contributed by atoms with Crippen LogP contribution in [0.25, 0.3) is 0 Å². The first kappa shape index (κ1) is 15.9. The van der Waals surface area contributed by atoms with E-state index in [4.69, 9.17) is 11.1 Å². The lowest BCUT2D eigenvalue weighted by atomic mass is 10.0. The summed E-state index contributed by atoms with van der Waals surface area (Å²) in [6.45, 7) is 11.4. The number of nitrogens with zero attached hydrogens (tertiary/aromatic N) is 2. The Morgan fingerprint density at radius 1 is 1.24 bits per heavy atom. The number of rotatable bonds is 3. The Morgan fingerprint density at radius 3 is 2.38 bits per heavy atom. The summed E-state index contributed by atoms with van der Waals surface area (Å²) in [7, 11) is 0. The number of hydrogen-bond acceptors (Lipinski definition) is 3. The number of benzene rings is 1. The molecule has 0 aliphatic carbocycles. The van der Waals surface area contributed by atoms with Crippen molar-refractivity contribution in [1.29, 1.82) is 5.41 Å². The van der Waals surface area contributed by atoms with E-state index in [-0.39, 0.29) is 17.2 Å². The fourth-order valence-corrected chi connectivity index (χ4v) is 2.75. The van der Waals surface area contributed by atoms with Gasteiger partial charge in [0.05, 0.1) is 0 Å². The molecule has 3 N–H and O–H groups in total. The standard InChI is InChI=1S/C16H25FN4/c1-16(2,3)21-8-6-20(7-9-21)11-12-4-5-13(17)10-14(12)15(18)19/h4-5,10H,6-9,11H2,1-3H3,(H3,18,19). The van der Waals surface area contributed by atoms with Crippen LogP contribution in [0, 0.1) is 11.2 Å². The second-order valence-corrected chi connectivity index (χ2v) is 6.65. The number of nitrogen functional groups attached to an aromatic ring is 1. The quantitative estimate of drug-likeness (QED) is 0.662. The highest BCUT2D eigenvalue weighted by Crippen LogP contribution is 2.18. The minimum Gasteiger partial charge on any atom is -0.384 e. The van der Waals surface area contributed by atoms with Gasteiger partial charge in [-0.3, -0.25) is 15.2 Å². The predicted octanol–water partition coefficient (Wildman–Crippen LogP) is 2.03. The molecule has 2 rings (SSSR count). The molecule has 116 valence electrons. The first-order valence-electron chi connectivity index (χ1n) is 7.37. The molecule has 1 aliphatic rings. The Labute approximate surface area is 126 Å². The zero-order chi connectivity index (χ0) is 15.6. The number of nitrogens with two attached hydrogens (primary N) is 1. The Kier molecular flexibility index (Phi) is 4.64. The smallest absolute Gasteiger partial charge is 0.123 e. The van der Waals surface area contributed by atoms with E-state index in [9.17, 15) is 4.39 Å². The van der Waals surface area contributed by atoms with Crippen molar-refractivity contribution in [3.8, 4) is 0 Å². The van der Waals surface area contributed by atoms with Gasteiger partial charge in [0, 0.05) is 43.8 Å². The lowest BCUT2D eigenvalue weighted by molar-refractivity contribution is 0.0590. The van der Waals surface area contributed by atoms with Gasteiger partial charge in [0.15, 0.2) is 0 Å². The molecular weight excluding hydrogens is 267 g/mol. The van der Waals surface area contributed by atoms with E-state index in [1.54, 1.807) is 6.07 Å². The molecule has 0 spiro atoms. The zero-order valence-electron chi connectivity index (χ0n) is 13.1. The molecule has 0 atom stereocenters. The van der Waals surface area contributed by atoms with Crippen molar-refractivity contribution in [2.24, 2.45) is 5.73 Å². The van der Waals surface area contributed by atoms with Gasteiger partial charge < -0.3 is 5.73 Å². The van der Waals surface area contributed by atoms with Crippen molar-refractivity contribution >= 4 is 5.84 Å². The molecular formula is C16H25FN4. The molecule has 1 aromatic carbocycles. The lowest BCUT2D eigenvalue weighted by Gasteiger charge is -2.42. The highest BCUT2D eigenvalue weighted by atomic mass is 19.1. The molecule has 1 fully saturated rings. The van der Waals surface area contributed by atoms with Crippen LogP contribution in [-0.2, 0) is 6.54 Å². The molecule has 0 bridgehead atoms. The summed E-state index contributed by atoms with van der Waals surface area (Å²) in [5.41, 5.74) is 7.19. The summed E-state index contributed by atoms with van der Waals surface area (Å²) in [5, 5.41) is 7.59. The van der Waals surface area contributed by atoms with Gasteiger partial charge in [0.2, 0.25) is 0 Å². The Bertz CT molecular complexity index is 513. The minimum atomic E-state index is -0.346. The van der Waals surface area contributed by atoms with E-state index in [1.807, 2.05) is 0 Å². The van der Waals surface area contributed by atoms with Crippen molar-refractivity contribution < 1.29 is 4.39 Å². The second kappa shape index (κ2) is 6.12. The molecule has 0 amide bonds. The summed E-state index contributed by atoms with van der Waals surface area (Å²) in [6, 6.07) is 4.53. The predicted molar refractivity (Wildman–Crippen MR) is 84.0 cm³/mol. The minimum absolute atomic E-state index is 0.0715. The van der Waals surface area contributed by atoms with E-state index in [1.165, 1.54) is 12.1 Å². The summed E-state index contributed by atoms with van der Waals surface area (Å²) in [6.07, 6.45) is 0. The summed E-state index contributed by atoms with van der Waals surface area (Å²) in [5.74, 6) is -0.417. The molecule has 5 heteroatoms. The van der Waals surface area contributed by atoms with E-state index >= 15 is 0 Å². The van der Waals surface area contributed by atoms with E-state index in [0.29, 0.717) is 12.1 Å². The normalized spacial score (nSPS) is 17.9. The molecule has 1 aliphatic heterocycles. The highest BCUT2D eigenvalue weighted by Gasteiger charge is 2.26. The number of hydrogen-bond donors (Lipinski definition) is 2. The van der Waals surface area contributed by atoms with Gasteiger partial charge in [-0.1, -0.05) is 6.07 Å². The molecule has 0 saturated carbocycles. The molecule has 1 saturated heterocycles. The number of nitrogens with one attached hydrogen (secondary N) is 1. The third kappa shape index (κ3) is 4.02. The summed E-state index contributed by atoms with van der Waals surface area (Å²) < 4.78 is 13.3. The lowest BCUT2D eigenvalue weighted by Crippen LogP contribution is -2.53. The van der Waals surface area contributed by atoms with Gasteiger partial charge in [0.25, 0.3) is 0 Å². The maximum absolute atomic E-state index is 13.3. The fourth-order valence-electron chi connectivity index (χ4n) is 2.75. The number of amidine groups is 1. The number of piperazine rings is 1. The van der Waals surface area contributed by atoms with Crippen LogP contribution in [0.5, 0.6) is 0 Å². The zero-order valence-corrected chi connectivity index (χ0v) is 13.1. The maximum Gasteiger partial charge on any atom is 0.123 e. The molecule has 0 unspecified atom stereocenters. The summed E-state index contributed by atoms with van der Waals surface area (Å²) in [4.78, 5) is 4.81. The molecule has 0 aromatic heterocycles. The fraction of sp³-hybridized carbons (Fsp3) is 0.562. The van der Waals surface area contributed by atoms with Gasteiger partial charge in [-0.15, -0.1) is 0 Å². The molecule has 21 heavy (non-hydrogen) atoms. The van der Waals surface area contributed by atoms with Gasteiger partial charge in [-0.2, -0.15) is 0 Å². The maximum atomic E-state index is 13.3. The second-order valence-electron chi connectivity index (χ2n) is 6.65. The van der Waals surface area contributed by atoms with Gasteiger partial charge in [0.1, 0.15) is 11.7 Å². The third-order valence-corrected chi connectivity index (χ3v) is 4.08. The highest BCUT2D eigenvalue weighted by molar-refractivity contribution is 5.96. The molecule has 1 heterocycles. The van der Waals surface area contributed by atoms with Crippen molar-refractivity contribution in [1.82, 2.24) is 9.80 Å². The first-order valence-corrected chi connectivity index (χ1v) is 7.37. The van der Waals surface area contributed by atoms with Crippen LogP contribution in [0.2, 0.25) is 0 Å². The summed E-state index contributed by atoms with van der Waals surface area (Å²) >= 11 is 0. The van der Waals surface area contributed by atoms with E-state index in [2.05, 4.69) is 30.6 Å². The van der Waals surface area contributed by atoms with Crippen LogP contribution in [0.15, 0.2) is 18.2 Å². The van der Waals surface area contributed by atoms with Gasteiger partial charge >= 0.3 is 0 Å². The SMILES string of the molecule is CC(C)(C)N1CCN(Cc2ccc(F)cc2C(=N)N)CC1. The molecule has 1 aromatic rings. The third-order valence-electron chi connectivity index (χ3n) is 4.08. The Morgan fingerprint density at radius 2 is 1.86 bits per heavy atom. The Balaban J connectivity index is 2.03. The molecule has 0 radical (unpaired) electrons. The van der Waals surface area contributed by atoms with Crippen LogP contribution in [0.4, 0.5) is 4.39 Å². The van der Waals surface area contributed by atoms with Crippen molar-refractivity contribution in [3.05, 3.63) is 35.1 Å². The van der Waals surface area contributed by atoms with Gasteiger partial charge in [-0.05, 0) is 38.5 Å². The van der Waals surface area contributed by atoms with E-state index < -0.39 is 0 Å². The van der Waals surface area contributed by atoms with Crippen LogP contribution >= 0.6 is 0 Å². The topological polar surface area (TPSA) is 56.4 Å². The van der Waals surface area contributed by atoms with Crippen molar-refractivity contribution in [2.45, 2.75) is 32.9 Å². The van der Waals surface area contributed by atoms with Gasteiger partial charge in [-0.25, -0.2) is 4.39 Å². The largest absolute Gasteiger partial charge is 0.384 e. The number of halogens is 1. The first-order chi connectivity index (χ1) is 9.77. The van der Waals surface area contributed by atoms with Crippen LogP contribution in [-0.4, -0.2) is 47.4 Å². The monoisotopic (exact) mass is 292 g/mol. The van der Waals surface area contributed by atoms with Crippen molar-refractivity contribution in [2.75, 3.05) is 26.2 Å². The molecule has 4 nitrogen and oxygen atoms in total. The van der Waals surface area contributed by atoms with Crippen LogP contribution < -0.4 is 5.73 Å². The van der Waals surface area contributed by atoms with Crippen molar-refractivity contribution in [3.63, 3.8) is 0 Å². The Hall–Kier alpha value is -1.46. The van der Waals surface area contributed by atoms with E-state index in [0.717, 1.165) is 31.7 Å². The average Bonchev–Trinajstić information content (AvgIpc) is 2.40. The van der Waals surface area contributed by atoms with Crippen LogP contribution in [0.3, 0.4) is 0 Å². The van der Waals surface area contributed by atoms with Crippen LogP contribution in [0.1, 0.15) is 31.9 Å².